The summed E-state index contributed by atoms with van der Waals surface area (Å²) < 4.78 is 22.6. The lowest BCUT2D eigenvalue weighted by molar-refractivity contribution is -0.127. The molecule has 2 amide bonds. The predicted molar refractivity (Wildman–Crippen MR) is 115 cm³/mol. The highest BCUT2D eigenvalue weighted by Crippen LogP contribution is 2.09. The Morgan fingerprint density at radius 3 is 2.37 bits per heavy atom. The summed E-state index contributed by atoms with van der Waals surface area (Å²) in [5, 5.41) is 10.8. The SMILES string of the molecule is C=CCNC(=O)CN1CCN(C(C)C(=O)NCCc2ccc(S(N)(=O)=O)cc2)CC1. The summed E-state index contributed by atoms with van der Waals surface area (Å²) in [6.45, 7) is 9.64. The largest absolute Gasteiger partial charge is 0.354 e. The fourth-order valence-corrected chi connectivity index (χ4v) is 3.76. The molecule has 1 aliphatic heterocycles. The normalized spacial score (nSPS) is 16.6. The second-order valence-corrected chi connectivity index (χ2v) is 8.87. The molecule has 0 aromatic heterocycles. The smallest absolute Gasteiger partial charge is 0.238 e. The van der Waals surface area contributed by atoms with Gasteiger partial charge in [-0.1, -0.05) is 18.2 Å². The Morgan fingerprint density at radius 1 is 1.17 bits per heavy atom. The molecule has 1 aromatic carbocycles. The van der Waals surface area contributed by atoms with E-state index in [0.717, 1.165) is 31.7 Å². The topological polar surface area (TPSA) is 125 Å². The number of benzene rings is 1. The zero-order chi connectivity index (χ0) is 22.1. The van der Waals surface area contributed by atoms with E-state index in [1.165, 1.54) is 12.1 Å². The molecular weight excluding hydrogens is 406 g/mol. The van der Waals surface area contributed by atoms with Crippen molar-refractivity contribution in [2.75, 3.05) is 45.8 Å². The van der Waals surface area contributed by atoms with Crippen LogP contribution in [0.1, 0.15) is 12.5 Å². The van der Waals surface area contributed by atoms with Crippen LogP contribution in [-0.2, 0) is 26.0 Å². The molecule has 1 fully saturated rings. The van der Waals surface area contributed by atoms with Crippen LogP contribution in [0.5, 0.6) is 0 Å². The van der Waals surface area contributed by atoms with E-state index in [-0.39, 0.29) is 22.8 Å². The van der Waals surface area contributed by atoms with Crippen LogP contribution in [0.15, 0.2) is 41.8 Å². The van der Waals surface area contributed by atoms with E-state index in [2.05, 4.69) is 27.0 Å². The summed E-state index contributed by atoms with van der Waals surface area (Å²) in [6.07, 6.45) is 2.24. The van der Waals surface area contributed by atoms with Crippen LogP contribution in [-0.4, -0.2) is 81.9 Å². The number of hydrogen-bond donors (Lipinski definition) is 3. The fraction of sp³-hybridized carbons (Fsp3) is 0.500. The second kappa shape index (κ2) is 11.2. The molecule has 2 rings (SSSR count). The van der Waals surface area contributed by atoms with E-state index < -0.39 is 10.0 Å². The van der Waals surface area contributed by atoms with Crippen LogP contribution in [0.4, 0.5) is 0 Å². The number of primary sulfonamides is 1. The van der Waals surface area contributed by atoms with Crippen LogP contribution in [0.25, 0.3) is 0 Å². The number of carbonyl (C=O) groups is 2. The van der Waals surface area contributed by atoms with E-state index in [4.69, 9.17) is 5.14 Å². The summed E-state index contributed by atoms with van der Waals surface area (Å²) in [6, 6.07) is 6.06. The van der Waals surface area contributed by atoms with Crippen molar-refractivity contribution in [3.05, 3.63) is 42.5 Å². The van der Waals surface area contributed by atoms with Gasteiger partial charge in [-0.15, -0.1) is 6.58 Å². The van der Waals surface area contributed by atoms with Gasteiger partial charge in [0.2, 0.25) is 21.8 Å². The molecule has 1 aliphatic rings. The van der Waals surface area contributed by atoms with Crippen LogP contribution in [0.2, 0.25) is 0 Å². The Hall–Kier alpha value is -2.27. The van der Waals surface area contributed by atoms with Gasteiger partial charge in [0.1, 0.15) is 0 Å². The summed E-state index contributed by atoms with van der Waals surface area (Å²) in [7, 11) is -3.70. The van der Waals surface area contributed by atoms with Crippen LogP contribution in [0.3, 0.4) is 0 Å². The second-order valence-electron chi connectivity index (χ2n) is 7.31. The number of rotatable bonds is 10. The van der Waals surface area contributed by atoms with Gasteiger partial charge in [0, 0.05) is 39.3 Å². The van der Waals surface area contributed by atoms with Gasteiger partial charge in [0.15, 0.2) is 0 Å². The molecule has 0 spiro atoms. The number of sulfonamides is 1. The molecule has 9 nitrogen and oxygen atoms in total. The molecule has 0 saturated carbocycles. The molecule has 0 bridgehead atoms. The van der Waals surface area contributed by atoms with Crippen molar-refractivity contribution in [1.29, 1.82) is 0 Å². The Morgan fingerprint density at radius 2 is 1.80 bits per heavy atom. The van der Waals surface area contributed by atoms with Gasteiger partial charge in [-0.2, -0.15) is 0 Å². The first-order valence-corrected chi connectivity index (χ1v) is 11.5. The van der Waals surface area contributed by atoms with Crippen molar-refractivity contribution in [2.24, 2.45) is 5.14 Å². The third-order valence-corrected chi connectivity index (χ3v) is 6.04. The predicted octanol–water partition coefficient (Wildman–Crippen LogP) is -0.699. The molecule has 30 heavy (non-hydrogen) atoms. The van der Waals surface area contributed by atoms with Crippen molar-refractivity contribution in [3.8, 4) is 0 Å². The number of nitrogens with one attached hydrogen (secondary N) is 2. The fourth-order valence-electron chi connectivity index (χ4n) is 3.24. The summed E-state index contributed by atoms with van der Waals surface area (Å²) in [5.74, 6) is -0.0698. The van der Waals surface area contributed by atoms with E-state index in [9.17, 15) is 18.0 Å². The average molecular weight is 438 g/mol. The van der Waals surface area contributed by atoms with Crippen molar-refractivity contribution in [1.82, 2.24) is 20.4 Å². The number of nitrogens with two attached hydrogens (primary N) is 1. The van der Waals surface area contributed by atoms with E-state index >= 15 is 0 Å². The minimum atomic E-state index is -3.70. The van der Waals surface area contributed by atoms with E-state index in [0.29, 0.717) is 26.1 Å². The van der Waals surface area contributed by atoms with Crippen molar-refractivity contribution < 1.29 is 18.0 Å². The molecule has 166 valence electrons. The molecule has 1 saturated heterocycles. The minimum Gasteiger partial charge on any atom is -0.354 e. The van der Waals surface area contributed by atoms with Crippen LogP contribution < -0.4 is 15.8 Å². The van der Waals surface area contributed by atoms with Crippen LogP contribution >= 0.6 is 0 Å². The van der Waals surface area contributed by atoms with Gasteiger partial charge >= 0.3 is 0 Å². The third-order valence-electron chi connectivity index (χ3n) is 5.11. The summed E-state index contributed by atoms with van der Waals surface area (Å²) in [5.41, 5.74) is 0.915. The monoisotopic (exact) mass is 437 g/mol. The van der Waals surface area contributed by atoms with Gasteiger partial charge < -0.3 is 10.6 Å². The van der Waals surface area contributed by atoms with Gasteiger partial charge in [-0.05, 0) is 31.0 Å². The molecule has 0 aliphatic carbocycles. The van der Waals surface area contributed by atoms with Crippen molar-refractivity contribution in [3.63, 3.8) is 0 Å². The first kappa shape index (κ1) is 24.0. The molecule has 4 N–H and O–H groups in total. The number of carbonyl (C=O) groups excluding carboxylic acids is 2. The molecule has 1 heterocycles. The maximum Gasteiger partial charge on any atom is 0.238 e. The average Bonchev–Trinajstić information content (AvgIpc) is 2.72. The van der Waals surface area contributed by atoms with E-state index in [1.807, 2.05) is 6.92 Å². The van der Waals surface area contributed by atoms with Gasteiger partial charge in [-0.3, -0.25) is 19.4 Å². The highest BCUT2D eigenvalue weighted by atomic mass is 32.2. The zero-order valence-corrected chi connectivity index (χ0v) is 18.2. The summed E-state index contributed by atoms with van der Waals surface area (Å²) >= 11 is 0. The lowest BCUT2D eigenvalue weighted by atomic mass is 10.1. The Balaban J connectivity index is 1.71. The number of hydrogen-bond acceptors (Lipinski definition) is 6. The minimum absolute atomic E-state index is 0.0220. The lowest BCUT2D eigenvalue weighted by Crippen LogP contribution is -2.55. The highest BCUT2D eigenvalue weighted by molar-refractivity contribution is 7.89. The number of amides is 2. The maximum absolute atomic E-state index is 12.5. The third kappa shape index (κ3) is 7.52. The maximum atomic E-state index is 12.5. The van der Waals surface area contributed by atoms with E-state index in [1.54, 1.807) is 18.2 Å². The van der Waals surface area contributed by atoms with Gasteiger partial charge in [0.05, 0.1) is 17.5 Å². The molecule has 1 unspecified atom stereocenters. The molecule has 10 heteroatoms. The number of piperazine rings is 1. The zero-order valence-electron chi connectivity index (χ0n) is 17.3. The Labute approximate surface area is 178 Å². The number of nitrogens with zero attached hydrogens (tertiary/aromatic N) is 2. The van der Waals surface area contributed by atoms with Gasteiger partial charge in [-0.25, -0.2) is 13.6 Å². The lowest BCUT2D eigenvalue weighted by Gasteiger charge is -2.37. The van der Waals surface area contributed by atoms with Gasteiger partial charge in [0.25, 0.3) is 0 Å². The Kier molecular flexibility index (Phi) is 8.97. The van der Waals surface area contributed by atoms with Crippen molar-refractivity contribution >= 4 is 21.8 Å². The quantitative estimate of drug-likeness (QED) is 0.416. The van der Waals surface area contributed by atoms with Crippen molar-refractivity contribution in [2.45, 2.75) is 24.3 Å². The molecule has 0 radical (unpaired) electrons. The highest BCUT2D eigenvalue weighted by Gasteiger charge is 2.26. The summed E-state index contributed by atoms with van der Waals surface area (Å²) in [4.78, 5) is 28.5. The first-order valence-electron chi connectivity index (χ1n) is 9.94. The molecule has 1 atom stereocenters. The Bertz CT molecular complexity index is 833. The van der Waals surface area contributed by atoms with Crippen LogP contribution in [0, 0.1) is 0 Å². The standard InChI is InChI=1S/C20H31N5O4S/c1-3-9-22-19(26)15-24-11-13-25(14-12-24)16(2)20(27)23-10-8-17-4-6-18(7-5-17)30(21,28)29/h3-7,16H,1,8-15H2,2H3,(H,22,26)(H,23,27)(H2,21,28,29). The first-order chi connectivity index (χ1) is 14.2. The molecule has 1 aromatic rings. The molecular formula is C20H31N5O4S.